The molecule has 2 heterocycles. The Morgan fingerprint density at radius 1 is 1.47 bits per heavy atom. The summed E-state index contributed by atoms with van der Waals surface area (Å²) in [6.07, 6.45) is 8.65. The molecule has 1 unspecified atom stereocenters. The van der Waals surface area contributed by atoms with E-state index in [1.165, 1.54) is 0 Å². The maximum atomic E-state index is 6.24. The summed E-state index contributed by atoms with van der Waals surface area (Å²) in [5.41, 5.74) is 12.3. The van der Waals surface area contributed by atoms with Gasteiger partial charge in [-0.1, -0.05) is 0 Å². The number of hydrogen-bond donors (Lipinski definition) is 3. The molecule has 2 rings (SSSR count). The van der Waals surface area contributed by atoms with Gasteiger partial charge in [0.1, 0.15) is 5.66 Å². The van der Waals surface area contributed by atoms with Crippen LogP contribution in [0.1, 0.15) is 19.3 Å². The SMILES string of the molecule is NC1=CC=CNC1(N)CC1CCOCC1. The number of rotatable bonds is 2. The summed E-state index contributed by atoms with van der Waals surface area (Å²) in [6, 6.07) is 0. The van der Waals surface area contributed by atoms with Crippen molar-refractivity contribution in [3.63, 3.8) is 0 Å². The predicted octanol–water partition coefficient (Wildman–Crippen LogP) is 0.418. The molecule has 0 bridgehead atoms. The largest absolute Gasteiger partial charge is 0.399 e. The van der Waals surface area contributed by atoms with Gasteiger partial charge in [-0.2, -0.15) is 0 Å². The van der Waals surface area contributed by atoms with Crippen molar-refractivity contribution in [1.29, 1.82) is 0 Å². The van der Waals surface area contributed by atoms with Crippen molar-refractivity contribution in [2.75, 3.05) is 13.2 Å². The highest BCUT2D eigenvalue weighted by Gasteiger charge is 2.32. The molecule has 0 aromatic heterocycles. The number of nitrogens with two attached hydrogens (primary N) is 2. The van der Waals surface area contributed by atoms with Crippen LogP contribution in [0.4, 0.5) is 0 Å². The van der Waals surface area contributed by atoms with E-state index in [4.69, 9.17) is 16.2 Å². The Kier molecular flexibility index (Phi) is 2.98. The summed E-state index contributed by atoms with van der Waals surface area (Å²) >= 11 is 0. The van der Waals surface area contributed by atoms with Crippen LogP contribution in [-0.2, 0) is 4.74 Å². The molecule has 0 aromatic carbocycles. The minimum Gasteiger partial charge on any atom is -0.399 e. The quantitative estimate of drug-likeness (QED) is 0.616. The normalized spacial score (nSPS) is 32.2. The van der Waals surface area contributed by atoms with E-state index in [1.54, 1.807) is 0 Å². The van der Waals surface area contributed by atoms with Crippen LogP contribution in [0, 0.1) is 5.92 Å². The Morgan fingerprint density at radius 2 is 2.20 bits per heavy atom. The third-order valence-electron chi connectivity index (χ3n) is 3.18. The number of hydrogen-bond acceptors (Lipinski definition) is 4. The van der Waals surface area contributed by atoms with Crippen LogP contribution in [0.5, 0.6) is 0 Å². The van der Waals surface area contributed by atoms with E-state index in [-0.39, 0.29) is 0 Å². The van der Waals surface area contributed by atoms with Crippen LogP contribution in [0.2, 0.25) is 0 Å². The van der Waals surface area contributed by atoms with Gasteiger partial charge >= 0.3 is 0 Å². The van der Waals surface area contributed by atoms with Crippen molar-refractivity contribution in [3.05, 3.63) is 24.0 Å². The zero-order valence-electron chi connectivity index (χ0n) is 8.91. The first kappa shape index (κ1) is 10.5. The molecule has 4 heteroatoms. The summed E-state index contributed by atoms with van der Waals surface area (Å²) in [5.74, 6) is 0.606. The first-order valence-electron chi connectivity index (χ1n) is 5.48. The molecule has 0 spiro atoms. The molecule has 0 aliphatic carbocycles. The van der Waals surface area contributed by atoms with E-state index in [0.29, 0.717) is 5.92 Å². The zero-order valence-corrected chi connectivity index (χ0v) is 8.91. The molecule has 1 fully saturated rings. The Labute approximate surface area is 90.3 Å². The lowest BCUT2D eigenvalue weighted by molar-refractivity contribution is 0.0568. The molecular weight excluding hydrogens is 190 g/mol. The summed E-state index contributed by atoms with van der Waals surface area (Å²) in [4.78, 5) is 0. The van der Waals surface area contributed by atoms with Crippen LogP contribution in [0.3, 0.4) is 0 Å². The monoisotopic (exact) mass is 209 g/mol. The first-order chi connectivity index (χ1) is 7.21. The van der Waals surface area contributed by atoms with Gasteiger partial charge in [-0.15, -0.1) is 0 Å². The maximum Gasteiger partial charge on any atom is 0.126 e. The zero-order chi connectivity index (χ0) is 10.7. The summed E-state index contributed by atoms with van der Waals surface area (Å²) in [5, 5.41) is 3.16. The predicted molar refractivity (Wildman–Crippen MR) is 59.6 cm³/mol. The van der Waals surface area contributed by atoms with Crippen molar-refractivity contribution in [2.24, 2.45) is 17.4 Å². The Bertz CT molecular complexity index is 282. The van der Waals surface area contributed by atoms with Crippen LogP contribution in [0.15, 0.2) is 24.0 Å². The fraction of sp³-hybridized carbons (Fsp3) is 0.636. The van der Waals surface area contributed by atoms with Crippen molar-refractivity contribution in [2.45, 2.75) is 24.9 Å². The van der Waals surface area contributed by atoms with Crippen molar-refractivity contribution >= 4 is 0 Å². The van der Waals surface area contributed by atoms with E-state index >= 15 is 0 Å². The van der Waals surface area contributed by atoms with Gasteiger partial charge in [-0.05, 0) is 43.5 Å². The van der Waals surface area contributed by atoms with E-state index < -0.39 is 5.66 Å². The lowest BCUT2D eigenvalue weighted by Gasteiger charge is -2.36. The highest BCUT2D eigenvalue weighted by molar-refractivity contribution is 5.25. The van der Waals surface area contributed by atoms with E-state index in [2.05, 4.69) is 5.32 Å². The molecule has 0 radical (unpaired) electrons. The number of allylic oxidation sites excluding steroid dienone is 2. The molecule has 0 aromatic rings. The molecule has 1 saturated heterocycles. The number of dihydropyridines is 1. The maximum absolute atomic E-state index is 6.24. The van der Waals surface area contributed by atoms with Crippen molar-refractivity contribution in [1.82, 2.24) is 5.32 Å². The van der Waals surface area contributed by atoms with Gasteiger partial charge in [0.15, 0.2) is 0 Å². The Balaban J connectivity index is 1.97. The molecular formula is C11H19N3O. The Hall–Kier alpha value is -1.00. The fourth-order valence-electron chi connectivity index (χ4n) is 2.16. The minimum atomic E-state index is -0.559. The van der Waals surface area contributed by atoms with Gasteiger partial charge in [-0.3, -0.25) is 0 Å². The van der Waals surface area contributed by atoms with Gasteiger partial charge in [0, 0.05) is 18.9 Å². The first-order valence-corrected chi connectivity index (χ1v) is 5.48. The molecule has 0 amide bonds. The van der Waals surface area contributed by atoms with Crippen LogP contribution in [0.25, 0.3) is 0 Å². The number of nitrogens with one attached hydrogen (secondary N) is 1. The average Bonchev–Trinajstić information content (AvgIpc) is 2.24. The highest BCUT2D eigenvalue weighted by atomic mass is 16.5. The second-order valence-corrected chi connectivity index (χ2v) is 4.36. The van der Waals surface area contributed by atoms with Crippen molar-refractivity contribution in [3.8, 4) is 0 Å². The molecule has 84 valence electrons. The average molecular weight is 209 g/mol. The summed E-state index contributed by atoms with van der Waals surface area (Å²) in [6.45, 7) is 1.69. The van der Waals surface area contributed by atoms with E-state index in [0.717, 1.165) is 38.2 Å². The molecule has 4 nitrogen and oxygen atoms in total. The molecule has 2 aliphatic rings. The smallest absolute Gasteiger partial charge is 0.126 e. The third kappa shape index (κ3) is 2.33. The van der Waals surface area contributed by atoms with Gasteiger partial charge in [0.2, 0.25) is 0 Å². The molecule has 0 saturated carbocycles. The van der Waals surface area contributed by atoms with Gasteiger partial charge in [0.05, 0.1) is 0 Å². The molecule has 15 heavy (non-hydrogen) atoms. The summed E-state index contributed by atoms with van der Waals surface area (Å²) in [7, 11) is 0. The molecule has 5 N–H and O–H groups in total. The molecule has 1 atom stereocenters. The fourth-order valence-corrected chi connectivity index (χ4v) is 2.16. The second kappa shape index (κ2) is 4.24. The lowest BCUT2D eigenvalue weighted by atomic mass is 9.87. The van der Waals surface area contributed by atoms with Crippen LogP contribution in [-0.4, -0.2) is 18.9 Å². The number of ether oxygens (including phenoxy) is 1. The van der Waals surface area contributed by atoms with Crippen LogP contribution >= 0.6 is 0 Å². The van der Waals surface area contributed by atoms with Gasteiger partial charge < -0.3 is 21.5 Å². The second-order valence-electron chi connectivity index (χ2n) is 4.36. The van der Waals surface area contributed by atoms with E-state index in [9.17, 15) is 0 Å². The third-order valence-corrected chi connectivity index (χ3v) is 3.18. The lowest BCUT2D eigenvalue weighted by Crippen LogP contribution is -2.57. The standard InChI is InChI=1S/C11H19N3O/c12-10-2-1-5-14-11(10,13)8-9-3-6-15-7-4-9/h1-2,5,9,14H,3-4,6-8,12-13H2. The topological polar surface area (TPSA) is 73.3 Å². The van der Waals surface area contributed by atoms with Crippen molar-refractivity contribution < 1.29 is 4.74 Å². The van der Waals surface area contributed by atoms with Gasteiger partial charge in [0.25, 0.3) is 0 Å². The highest BCUT2D eigenvalue weighted by Crippen LogP contribution is 2.26. The Morgan fingerprint density at radius 3 is 2.87 bits per heavy atom. The summed E-state index contributed by atoms with van der Waals surface area (Å²) < 4.78 is 5.33. The van der Waals surface area contributed by atoms with E-state index in [1.807, 2.05) is 18.4 Å². The van der Waals surface area contributed by atoms with Crippen LogP contribution < -0.4 is 16.8 Å². The minimum absolute atomic E-state index is 0.559. The molecule has 2 aliphatic heterocycles. The van der Waals surface area contributed by atoms with Gasteiger partial charge in [-0.25, -0.2) is 0 Å².